The fourth-order valence-electron chi connectivity index (χ4n) is 1.13. The van der Waals surface area contributed by atoms with E-state index in [1.54, 1.807) is 18.3 Å². The summed E-state index contributed by atoms with van der Waals surface area (Å²) < 4.78 is 0. The topological polar surface area (TPSA) is 52.0 Å². The normalized spacial score (nSPS) is 10.0. The van der Waals surface area contributed by atoms with Gasteiger partial charge in [-0.3, -0.25) is 0 Å². The standard InChI is InChI=1S/C11H16N4/c1-3-15(2)7-6-14-11-8-10(9-12)4-5-13-11/h4-5,8H,3,6-7H2,1-2H3,(H,13,14). The molecule has 1 N–H and O–H groups in total. The maximum Gasteiger partial charge on any atom is 0.127 e. The molecule has 4 heteroatoms. The van der Waals surface area contributed by atoms with Gasteiger partial charge in [0.1, 0.15) is 5.82 Å². The molecule has 1 heterocycles. The molecule has 0 unspecified atom stereocenters. The van der Waals surface area contributed by atoms with Crippen molar-refractivity contribution in [3.63, 3.8) is 0 Å². The third-order valence-corrected chi connectivity index (χ3v) is 2.23. The predicted octanol–water partition coefficient (Wildman–Crippen LogP) is 1.32. The molecule has 1 aromatic rings. The van der Waals surface area contributed by atoms with Crippen LogP contribution in [-0.4, -0.2) is 36.6 Å². The highest BCUT2D eigenvalue weighted by atomic mass is 15.1. The van der Waals surface area contributed by atoms with Gasteiger partial charge in [-0.2, -0.15) is 5.26 Å². The molecule has 0 saturated carbocycles. The number of nitriles is 1. The summed E-state index contributed by atoms with van der Waals surface area (Å²) in [5.41, 5.74) is 0.636. The lowest BCUT2D eigenvalue weighted by molar-refractivity contribution is 0.367. The molecule has 4 nitrogen and oxygen atoms in total. The van der Waals surface area contributed by atoms with E-state index in [0.717, 1.165) is 25.5 Å². The van der Waals surface area contributed by atoms with Gasteiger partial charge in [0.25, 0.3) is 0 Å². The quantitative estimate of drug-likeness (QED) is 0.786. The first-order valence-corrected chi connectivity index (χ1v) is 5.05. The SMILES string of the molecule is CCN(C)CCNc1cc(C#N)ccn1. The first-order valence-electron chi connectivity index (χ1n) is 5.05. The molecule has 1 rings (SSSR count). The largest absolute Gasteiger partial charge is 0.369 e. The van der Waals surface area contributed by atoms with E-state index in [-0.39, 0.29) is 0 Å². The Hall–Kier alpha value is -1.60. The van der Waals surface area contributed by atoms with E-state index in [1.165, 1.54) is 0 Å². The highest BCUT2D eigenvalue weighted by Gasteiger charge is 1.97. The van der Waals surface area contributed by atoms with Crippen LogP contribution >= 0.6 is 0 Å². The van der Waals surface area contributed by atoms with Gasteiger partial charge in [-0.1, -0.05) is 6.92 Å². The van der Waals surface area contributed by atoms with Gasteiger partial charge in [-0.05, 0) is 25.7 Å². The summed E-state index contributed by atoms with van der Waals surface area (Å²) in [6.45, 7) is 4.96. The molecule has 0 amide bonds. The minimum Gasteiger partial charge on any atom is -0.369 e. The Bertz CT molecular complexity index is 343. The van der Waals surface area contributed by atoms with Gasteiger partial charge in [0, 0.05) is 19.3 Å². The number of pyridine rings is 1. The fraction of sp³-hybridized carbons (Fsp3) is 0.455. The molecule has 80 valence electrons. The van der Waals surface area contributed by atoms with Crippen LogP contribution in [0.4, 0.5) is 5.82 Å². The Morgan fingerprint density at radius 3 is 3.07 bits per heavy atom. The van der Waals surface area contributed by atoms with Crippen molar-refractivity contribution >= 4 is 5.82 Å². The summed E-state index contributed by atoms with van der Waals surface area (Å²) in [4.78, 5) is 6.34. The van der Waals surface area contributed by atoms with Crippen molar-refractivity contribution in [2.24, 2.45) is 0 Å². The zero-order valence-electron chi connectivity index (χ0n) is 9.20. The predicted molar refractivity (Wildman–Crippen MR) is 60.6 cm³/mol. The second kappa shape index (κ2) is 5.99. The van der Waals surface area contributed by atoms with Crippen LogP contribution in [0.25, 0.3) is 0 Å². The average molecular weight is 204 g/mol. The number of nitrogens with zero attached hydrogens (tertiary/aromatic N) is 3. The van der Waals surface area contributed by atoms with Gasteiger partial charge in [-0.25, -0.2) is 4.98 Å². The Morgan fingerprint density at radius 1 is 1.60 bits per heavy atom. The van der Waals surface area contributed by atoms with Gasteiger partial charge in [0.15, 0.2) is 0 Å². The maximum atomic E-state index is 8.70. The van der Waals surface area contributed by atoms with E-state index in [4.69, 9.17) is 5.26 Å². The molecule has 15 heavy (non-hydrogen) atoms. The van der Waals surface area contributed by atoms with E-state index < -0.39 is 0 Å². The van der Waals surface area contributed by atoms with E-state index in [0.29, 0.717) is 5.56 Å². The Morgan fingerprint density at radius 2 is 2.40 bits per heavy atom. The zero-order valence-corrected chi connectivity index (χ0v) is 9.20. The van der Waals surface area contributed by atoms with Crippen LogP contribution in [0, 0.1) is 11.3 Å². The average Bonchev–Trinajstić information content (AvgIpc) is 2.29. The van der Waals surface area contributed by atoms with Gasteiger partial charge in [0.05, 0.1) is 11.6 Å². The number of nitrogens with one attached hydrogen (secondary N) is 1. The first-order chi connectivity index (χ1) is 7.26. The molecule has 0 aliphatic rings. The summed E-state index contributed by atoms with van der Waals surface area (Å²) >= 11 is 0. The molecule has 0 bridgehead atoms. The van der Waals surface area contributed by atoms with Gasteiger partial charge < -0.3 is 10.2 Å². The van der Waals surface area contributed by atoms with Crippen LogP contribution in [0.3, 0.4) is 0 Å². The van der Waals surface area contributed by atoms with Crippen LogP contribution in [-0.2, 0) is 0 Å². The fourth-order valence-corrected chi connectivity index (χ4v) is 1.13. The van der Waals surface area contributed by atoms with Crippen molar-refractivity contribution in [1.82, 2.24) is 9.88 Å². The van der Waals surface area contributed by atoms with Crippen LogP contribution in [0.15, 0.2) is 18.3 Å². The molecular formula is C11H16N4. The second-order valence-electron chi connectivity index (χ2n) is 3.36. The third-order valence-electron chi connectivity index (χ3n) is 2.23. The number of anilines is 1. The van der Waals surface area contributed by atoms with Crippen LogP contribution in [0.1, 0.15) is 12.5 Å². The highest BCUT2D eigenvalue weighted by Crippen LogP contribution is 2.04. The molecule has 1 aromatic heterocycles. The van der Waals surface area contributed by atoms with Gasteiger partial charge in [0.2, 0.25) is 0 Å². The molecule has 0 radical (unpaired) electrons. The zero-order chi connectivity index (χ0) is 11.1. The minimum atomic E-state index is 0.636. The molecule has 0 saturated heterocycles. The van der Waals surface area contributed by atoms with Crippen molar-refractivity contribution < 1.29 is 0 Å². The van der Waals surface area contributed by atoms with Crippen molar-refractivity contribution in [1.29, 1.82) is 5.26 Å². The van der Waals surface area contributed by atoms with Crippen LogP contribution < -0.4 is 5.32 Å². The summed E-state index contributed by atoms with van der Waals surface area (Å²) in [5, 5.41) is 11.9. The lowest BCUT2D eigenvalue weighted by Crippen LogP contribution is -2.24. The third kappa shape index (κ3) is 3.96. The highest BCUT2D eigenvalue weighted by molar-refractivity contribution is 5.42. The van der Waals surface area contributed by atoms with E-state index in [2.05, 4.69) is 35.2 Å². The Labute approximate surface area is 90.5 Å². The van der Waals surface area contributed by atoms with E-state index >= 15 is 0 Å². The minimum absolute atomic E-state index is 0.636. The molecule has 0 spiro atoms. The van der Waals surface area contributed by atoms with Crippen molar-refractivity contribution in [2.45, 2.75) is 6.92 Å². The summed E-state index contributed by atoms with van der Waals surface area (Å²) in [6, 6.07) is 5.54. The number of rotatable bonds is 5. The molecular weight excluding hydrogens is 188 g/mol. The number of likely N-dealkylation sites (N-methyl/N-ethyl adjacent to an activating group) is 1. The number of hydrogen-bond donors (Lipinski definition) is 1. The first kappa shape index (κ1) is 11.5. The molecule has 0 aliphatic carbocycles. The lowest BCUT2D eigenvalue weighted by atomic mass is 10.3. The Balaban J connectivity index is 2.41. The van der Waals surface area contributed by atoms with Crippen molar-refractivity contribution in [3.8, 4) is 6.07 Å². The summed E-state index contributed by atoms with van der Waals surface area (Å²) in [7, 11) is 2.07. The molecule has 0 fully saturated rings. The summed E-state index contributed by atoms with van der Waals surface area (Å²) in [5.74, 6) is 0.763. The van der Waals surface area contributed by atoms with E-state index in [1.807, 2.05) is 0 Å². The van der Waals surface area contributed by atoms with Gasteiger partial charge >= 0.3 is 0 Å². The molecule has 0 aromatic carbocycles. The van der Waals surface area contributed by atoms with Crippen LogP contribution in [0.5, 0.6) is 0 Å². The molecule has 0 aliphatic heterocycles. The smallest absolute Gasteiger partial charge is 0.127 e. The Kier molecular flexibility index (Phi) is 4.58. The van der Waals surface area contributed by atoms with Crippen molar-refractivity contribution in [3.05, 3.63) is 23.9 Å². The summed E-state index contributed by atoms with van der Waals surface area (Å²) in [6.07, 6.45) is 1.64. The second-order valence-corrected chi connectivity index (χ2v) is 3.36. The molecule has 0 atom stereocenters. The van der Waals surface area contributed by atoms with Crippen molar-refractivity contribution in [2.75, 3.05) is 32.0 Å². The number of hydrogen-bond acceptors (Lipinski definition) is 4. The van der Waals surface area contributed by atoms with E-state index in [9.17, 15) is 0 Å². The lowest BCUT2D eigenvalue weighted by Gasteiger charge is -2.14. The number of aromatic nitrogens is 1. The van der Waals surface area contributed by atoms with Crippen LogP contribution in [0.2, 0.25) is 0 Å². The monoisotopic (exact) mass is 204 g/mol. The maximum absolute atomic E-state index is 8.70. The van der Waals surface area contributed by atoms with Gasteiger partial charge in [-0.15, -0.1) is 0 Å².